The third-order valence-electron chi connectivity index (χ3n) is 3.27. The first-order valence-corrected chi connectivity index (χ1v) is 8.31. The molecule has 1 heterocycles. The summed E-state index contributed by atoms with van der Waals surface area (Å²) >= 11 is 4.98. The van der Waals surface area contributed by atoms with E-state index in [4.69, 9.17) is 5.73 Å². The molecule has 112 valence electrons. The lowest BCUT2D eigenvalue weighted by molar-refractivity contribution is -0.126. The molecular formula is C15H18BrN3OS. The van der Waals surface area contributed by atoms with E-state index in [1.807, 2.05) is 30.5 Å². The van der Waals surface area contributed by atoms with E-state index in [0.29, 0.717) is 6.54 Å². The molecule has 0 saturated heterocycles. The van der Waals surface area contributed by atoms with Gasteiger partial charge in [-0.15, -0.1) is 11.3 Å². The summed E-state index contributed by atoms with van der Waals surface area (Å²) in [5.74, 6) is -0.210. The SMILES string of the molecule is CCc1cnc(CNC(=O)C(C)(N)c2ccc(Br)cc2)s1. The van der Waals surface area contributed by atoms with Crippen molar-refractivity contribution in [1.82, 2.24) is 10.3 Å². The summed E-state index contributed by atoms with van der Waals surface area (Å²) in [4.78, 5) is 17.8. The molecule has 0 fully saturated rings. The molecule has 1 aromatic heterocycles. The van der Waals surface area contributed by atoms with E-state index in [2.05, 4.69) is 33.2 Å². The van der Waals surface area contributed by atoms with Crippen LogP contribution < -0.4 is 11.1 Å². The van der Waals surface area contributed by atoms with Gasteiger partial charge >= 0.3 is 0 Å². The van der Waals surface area contributed by atoms with E-state index in [1.54, 1.807) is 18.3 Å². The van der Waals surface area contributed by atoms with Gasteiger partial charge in [0.2, 0.25) is 5.91 Å². The number of nitrogens with two attached hydrogens (primary N) is 1. The summed E-state index contributed by atoms with van der Waals surface area (Å²) in [5, 5.41) is 3.76. The average molecular weight is 368 g/mol. The van der Waals surface area contributed by atoms with Crippen LogP contribution in [0.4, 0.5) is 0 Å². The minimum absolute atomic E-state index is 0.210. The molecule has 1 aromatic carbocycles. The van der Waals surface area contributed by atoms with Crippen molar-refractivity contribution in [3.8, 4) is 0 Å². The Morgan fingerprint density at radius 3 is 2.67 bits per heavy atom. The number of amides is 1. The maximum Gasteiger partial charge on any atom is 0.244 e. The van der Waals surface area contributed by atoms with Crippen molar-refractivity contribution < 1.29 is 4.79 Å². The largest absolute Gasteiger partial charge is 0.348 e. The quantitative estimate of drug-likeness (QED) is 0.853. The number of rotatable bonds is 5. The van der Waals surface area contributed by atoms with E-state index in [9.17, 15) is 4.79 Å². The van der Waals surface area contributed by atoms with Crippen LogP contribution in [0.25, 0.3) is 0 Å². The standard InChI is InChI=1S/C15H18BrN3OS/c1-3-12-8-18-13(21-12)9-19-14(20)15(2,17)10-4-6-11(16)7-5-10/h4-8H,3,9,17H2,1-2H3,(H,19,20). The predicted molar refractivity (Wildman–Crippen MR) is 89.0 cm³/mol. The molecule has 0 aliphatic carbocycles. The minimum atomic E-state index is -1.06. The van der Waals surface area contributed by atoms with Crippen LogP contribution in [0.3, 0.4) is 0 Å². The Morgan fingerprint density at radius 2 is 2.10 bits per heavy atom. The highest BCUT2D eigenvalue weighted by atomic mass is 79.9. The Kier molecular flexibility index (Phi) is 5.13. The van der Waals surface area contributed by atoms with Crippen LogP contribution in [0.2, 0.25) is 0 Å². The second-order valence-corrected chi connectivity index (χ2v) is 7.08. The first-order valence-electron chi connectivity index (χ1n) is 6.70. The Bertz CT molecular complexity index is 622. The van der Waals surface area contributed by atoms with Crippen molar-refractivity contribution in [3.63, 3.8) is 0 Å². The van der Waals surface area contributed by atoms with Crippen molar-refractivity contribution in [3.05, 3.63) is 50.4 Å². The predicted octanol–water partition coefficient (Wildman–Crippen LogP) is 2.96. The lowest BCUT2D eigenvalue weighted by Crippen LogP contribution is -2.48. The number of thiazole rings is 1. The molecule has 0 aliphatic heterocycles. The van der Waals surface area contributed by atoms with Gasteiger partial charge in [0.15, 0.2) is 0 Å². The van der Waals surface area contributed by atoms with Crippen LogP contribution in [-0.2, 0) is 23.3 Å². The maximum atomic E-state index is 12.3. The molecule has 0 radical (unpaired) electrons. The van der Waals surface area contributed by atoms with Gasteiger partial charge in [-0.05, 0) is 31.0 Å². The van der Waals surface area contributed by atoms with Crippen molar-refractivity contribution in [2.45, 2.75) is 32.4 Å². The molecule has 2 rings (SSSR count). The van der Waals surface area contributed by atoms with Crippen LogP contribution in [0, 0.1) is 0 Å². The fraction of sp³-hybridized carbons (Fsp3) is 0.333. The fourth-order valence-corrected chi connectivity index (χ4v) is 2.93. The Hall–Kier alpha value is -1.24. The Morgan fingerprint density at radius 1 is 1.43 bits per heavy atom. The topological polar surface area (TPSA) is 68.0 Å². The monoisotopic (exact) mass is 367 g/mol. The zero-order valence-electron chi connectivity index (χ0n) is 12.0. The highest BCUT2D eigenvalue weighted by Crippen LogP contribution is 2.21. The lowest BCUT2D eigenvalue weighted by atomic mass is 9.92. The van der Waals surface area contributed by atoms with Crippen molar-refractivity contribution in [1.29, 1.82) is 0 Å². The summed E-state index contributed by atoms with van der Waals surface area (Å²) in [6.45, 7) is 4.21. The van der Waals surface area contributed by atoms with Gasteiger partial charge in [0.1, 0.15) is 10.5 Å². The molecule has 3 N–H and O–H groups in total. The van der Waals surface area contributed by atoms with Crippen LogP contribution in [0.1, 0.15) is 29.3 Å². The summed E-state index contributed by atoms with van der Waals surface area (Å²) in [6, 6.07) is 7.45. The van der Waals surface area contributed by atoms with Gasteiger partial charge in [0.05, 0.1) is 6.54 Å². The number of aryl methyl sites for hydroxylation is 1. The summed E-state index contributed by atoms with van der Waals surface area (Å²) < 4.78 is 0.956. The number of carbonyl (C=O) groups excluding carboxylic acids is 1. The third-order valence-corrected chi connectivity index (χ3v) is 4.94. The molecule has 0 saturated carbocycles. The molecule has 1 amide bonds. The first-order chi connectivity index (χ1) is 9.93. The normalized spacial score (nSPS) is 13.7. The Labute approximate surface area is 136 Å². The van der Waals surface area contributed by atoms with Crippen molar-refractivity contribution in [2.75, 3.05) is 0 Å². The van der Waals surface area contributed by atoms with E-state index in [-0.39, 0.29) is 5.91 Å². The number of nitrogens with zero attached hydrogens (tertiary/aromatic N) is 1. The number of benzene rings is 1. The number of halogens is 1. The van der Waals surface area contributed by atoms with Gasteiger partial charge in [-0.1, -0.05) is 35.0 Å². The first kappa shape index (κ1) is 16.1. The minimum Gasteiger partial charge on any atom is -0.348 e. The second-order valence-electron chi connectivity index (χ2n) is 4.97. The molecule has 2 aromatic rings. The average Bonchev–Trinajstić information content (AvgIpc) is 2.93. The van der Waals surface area contributed by atoms with Gasteiger partial charge in [0.25, 0.3) is 0 Å². The number of nitrogens with one attached hydrogen (secondary N) is 1. The number of hydrogen-bond donors (Lipinski definition) is 2. The highest BCUT2D eigenvalue weighted by Gasteiger charge is 2.30. The molecular weight excluding hydrogens is 350 g/mol. The molecule has 21 heavy (non-hydrogen) atoms. The summed E-state index contributed by atoms with van der Waals surface area (Å²) in [5.41, 5.74) is 5.89. The van der Waals surface area contributed by atoms with E-state index >= 15 is 0 Å². The molecule has 6 heteroatoms. The zero-order valence-corrected chi connectivity index (χ0v) is 14.4. The van der Waals surface area contributed by atoms with Crippen LogP contribution in [0.15, 0.2) is 34.9 Å². The van der Waals surface area contributed by atoms with E-state index in [1.165, 1.54) is 4.88 Å². The second kappa shape index (κ2) is 6.68. The van der Waals surface area contributed by atoms with Gasteiger partial charge in [-0.25, -0.2) is 4.98 Å². The van der Waals surface area contributed by atoms with Crippen molar-refractivity contribution >= 4 is 33.2 Å². The van der Waals surface area contributed by atoms with Crippen LogP contribution in [0.5, 0.6) is 0 Å². The van der Waals surface area contributed by atoms with Gasteiger partial charge < -0.3 is 11.1 Å². The molecule has 0 spiro atoms. The maximum absolute atomic E-state index is 12.3. The molecule has 0 aliphatic rings. The fourth-order valence-electron chi connectivity index (χ4n) is 1.86. The van der Waals surface area contributed by atoms with E-state index in [0.717, 1.165) is 21.5 Å². The summed E-state index contributed by atoms with van der Waals surface area (Å²) in [7, 11) is 0. The van der Waals surface area contributed by atoms with Gasteiger partial charge in [0, 0.05) is 15.5 Å². The smallest absolute Gasteiger partial charge is 0.244 e. The van der Waals surface area contributed by atoms with Gasteiger partial charge in [-0.3, -0.25) is 4.79 Å². The van der Waals surface area contributed by atoms with Crippen LogP contribution in [-0.4, -0.2) is 10.9 Å². The molecule has 1 unspecified atom stereocenters. The molecule has 1 atom stereocenters. The Balaban J connectivity index is 2.02. The lowest BCUT2D eigenvalue weighted by Gasteiger charge is -2.24. The van der Waals surface area contributed by atoms with Gasteiger partial charge in [-0.2, -0.15) is 0 Å². The summed E-state index contributed by atoms with van der Waals surface area (Å²) in [6.07, 6.45) is 2.81. The number of carbonyl (C=O) groups is 1. The third kappa shape index (κ3) is 3.90. The zero-order chi connectivity index (χ0) is 15.5. The van der Waals surface area contributed by atoms with E-state index < -0.39 is 5.54 Å². The molecule has 0 bridgehead atoms. The van der Waals surface area contributed by atoms with Crippen molar-refractivity contribution in [2.24, 2.45) is 5.73 Å². The highest BCUT2D eigenvalue weighted by molar-refractivity contribution is 9.10. The number of hydrogen-bond acceptors (Lipinski definition) is 4. The number of aromatic nitrogens is 1. The van der Waals surface area contributed by atoms with Crippen LogP contribution >= 0.6 is 27.3 Å². The molecule has 4 nitrogen and oxygen atoms in total.